The van der Waals surface area contributed by atoms with Gasteiger partial charge in [-0.3, -0.25) is 9.29 Å². The van der Waals surface area contributed by atoms with E-state index in [-0.39, 0.29) is 4.90 Å². The van der Waals surface area contributed by atoms with Crippen molar-refractivity contribution in [3.63, 3.8) is 0 Å². The van der Waals surface area contributed by atoms with E-state index >= 15 is 0 Å². The Morgan fingerprint density at radius 3 is 2.49 bits per heavy atom. The highest BCUT2D eigenvalue weighted by Crippen LogP contribution is 2.31. The Labute approximate surface area is 219 Å². The van der Waals surface area contributed by atoms with Crippen molar-refractivity contribution in [1.82, 2.24) is 14.5 Å². The van der Waals surface area contributed by atoms with Crippen LogP contribution in [0, 0.1) is 5.92 Å². The van der Waals surface area contributed by atoms with Gasteiger partial charge in [0.15, 0.2) is 0 Å². The van der Waals surface area contributed by atoms with Gasteiger partial charge in [0.2, 0.25) is 0 Å². The number of anilines is 1. The first-order chi connectivity index (χ1) is 18.0. The molecule has 0 unspecified atom stereocenters. The number of benzene rings is 1. The summed E-state index contributed by atoms with van der Waals surface area (Å²) < 4.78 is 35.6. The van der Waals surface area contributed by atoms with Gasteiger partial charge in [-0.1, -0.05) is 37.5 Å². The summed E-state index contributed by atoms with van der Waals surface area (Å²) in [5.41, 5.74) is 3.52. The van der Waals surface area contributed by atoms with Crippen LogP contribution in [0.4, 0.5) is 5.69 Å². The SMILES string of the molecule is CCOc1ccc(Cc2cc3cc(N(C)S(=O)(=O)c4ccccc4)cnc3n2CC2CCCCC2)nc1. The monoisotopic (exact) mass is 518 g/mol. The van der Waals surface area contributed by atoms with Gasteiger partial charge >= 0.3 is 0 Å². The minimum Gasteiger partial charge on any atom is -0.492 e. The first-order valence-corrected chi connectivity index (χ1v) is 14.5. The van der Waals surface area contributed by atoms with E-state index in [1.54, 1.807) is 43.7 Å². The second-order valence-corrected chi connectivity index (χ2v) is 11.7. The summed E-state index contributed by atoms with van der Waals surface area (Å²) in [4.78, 5) is 9.67. The molecule has 3 heterocycles. The molecule has 0 N–H and O–H groups in total. The molecule has 0 amide bonds. The van der Waals surface area contributed by atoms with Crippen molar-refractivity contribution in [3.8, 4) is 5.75 Å². The lowest BCUT2D eigenvalue weighted by Gasteiger charge is -2.23. The third kappa shape index (κ3) is 5.49. The number of fused-ring (bicyclic) bond motifs is 1. The van der Waals surface area contributed by atoms with Crippen molar-refractivity contribution in [2.24, 2.45) is 5.92 Å². The Morgan fingerprint density at radius 1 is 1.00 bits per heavy atom. The molecule has 1 aliphatic rings. The van der Waals surface area contributed by atoms with Gasteiger partial charge in [-0.25, -0.2) is 13.4 Å². The molecule has 3 aromatic heterocycles. The lowest BCUT2D eigenvalue weighted by molar-refractivity contribution is 0.320. The highest BCUT2D eigenvalue weighted by atomic mass is 32.2. The van der Waals surface area contributed by atoms with E-state index in [4.69, 9.17) is 9.72 Å². The molecule has 0 saturated heterocycles. The van der Waals surface area contributed by atoms with E-state index in [1.807, 2.05) is 31.2 Å². The van der Waals surface area contributed by atoms with E-state index in [2.05, 4.69) is 15.6 Å². The van der Waals surface area contributed by atoms with Crippen LogP contribution in [0.5, 0.6) is 5.75 Å². The largest absolute Gasteiger partial charge is 0.492 e. The van der Waals surface area contributed by atoms with Crippen LogP contribution in [0.1, 0.15) is 50.4 Å². The van der Waals surface area contributed by atoms with Crippen LogP contribution in [-0.2, 0) is 23.0 Å². The molecule has 8 heteroatoms. The van der Waals surface area contributed by atoms with Crippen molar-refractivity contribution in [2.75, 3.05) is 18.0 Å². The molecule has 1 aliphatic carbocycles. The Bertz CT molecular complexity index is 1440. The minimum absolute atomic E-state index is 0.259. The average Bonchev–Trinajstić information content (AvgIpc) is 3.26. The van der Waals surface area contributed by atoms with Crippen molar-refractivity contribution < 1.29 is 13.2 Å². The molecule has 1 fully saturated rings. The number of pyridine rings is 2. The van der Waals surface area contributed by atoms with Gasteiger partial charge in [0.05, 0.1) is 29.6 Å². The Kier molecular flexibility index (Phi) is 7.46. The van der Waals surface area contributed by atoms with Crippen molar-refractivity contribution in [3.05, 3.63) is 78.4 Å². The molecule has 0 spiro atoms. The molecule has 0 radical (unpaired) electrons. The average molecular weight is 519 g/mol. The smallest absolute Gasteiger partial charge is 0.264 e. The molecule has 0 aliphatic heterocycles. The van der Waals surface area contributed by atoms with Crippen LogP contribution < -0.4 is 9.04 Å². The maximum absolute atomic E-state index is 13.2. The summed E-state index contributed by atoms with van der Waals surface area (Å²) in [6, 6.07) is 16.5. The fourth-order valence-corrected chi connectivity index (χ4v) is 6.38. The predicted molar refractivity (Wildman–Crippen MR) is 147 cm³/mol. The maximum Gasteiger partial charge on any atom is 0.264 e. The van der Waals surface area contributed by atoms with Gasteiger partial charge in [-0.15, -0.1) is 0 Å². The number of aromatic nitrogens is 3. The molecule has 0 bridgehead atoms. The highest BCUT2D eigenvalue weighted by molar-refractivity contribution is 7.92. The van der Waals surface area contributed by atoms with Crippen LogP contribution >= 0.6 is 0 Å². The van der Waals surface area contributed by atoms with Gasteiger partial charge in [0.1, 0.15) is 11.4 Å². The summed E-state index contributed by atoms with van der Waals surface area (Å²) in [6.45, 7) is 3.49. The Morgan fingerprint density at radius 2 is 1.78 bits per heavy atom. The second-order valence-electron chi connectivity index (χ2n) is 9.74. The summed E-state index contributed by atoms with van der Waals surface area (Å²) in [5, 5.41) is 0.935. The molecule has 7 nitrogen and oxygen atoms in total. The zero-order valence-corrected chi connectivity index (χ0v) is 22.3. The van der Waals surface area contributed by atoms with E-state index in [9.17, 15) is 8.42 Å². The third-order valence-electron chi connectivity index (χ3n) is 7.21. The Balaban J connectivity index is 1.49. The summed E-state index contributed by atoms with van der Waals surface area (Å²) >= 11 is 0. The van der Waals surface area contributed by atoms with Crippen molar-refractivity contribution >= 4 is 26.7 Å². The van der Waals surface area contributed by atoms with Gasteiger partial charge in [0.25, 0.3) is 10.0 Å². The molecular weight excluding hydrogens is 484 g/mol. The second kappa shape index (κ2) is 10.9. The summed E-state index contributed by atoms with van der Waals surface area (Å²) in [5.74, 6) is 1.39. The van der Waals surface area contributed by atoms with Crippen LogP contribution in [0.2, 0.25) is 0 Å². The normalized spacial score (nSPS) is 14.6. The number of nitrogens with zero attached hydrogens (tertiary/aromatic N) is 4. The molecule has 37 heavy (non-hydrogen) atoms. The minimum atomic E-state index is -3.68. The molecule has 4 aromatic rings. The quantitative estimate of drug-likeness (QED) is 0.279. The molecule has 0 atom stereocenters. The van der Waals surface area contributed by atoms with Crippen molar-refractivity contribution in [2.45, 2.75) is 56.9 Å². The van der Waals surface area contributed by atoms with E-state index in [1.165, 1.54) is 36.4 Å². The number of sulfonamides is 1. The lowest BCUT2D eigenvalue weighted by atomic mass is 9.89. The van der Waals surface area contributed by atoms with Gasteiger partial charge in [0, 0.05) is 36.8 Å². The molecular formula is C29H34N4O3S. The molecule has 5 rings (SSSR count). The van der Waals surface area contributed by atoms with E-state index < -0.39 is 10.0 Å². The number of hydrogen-bond donors (Lipinski definition) is 0. The van der Waals surface area contributed by atoms with Gasteiger partial charge in [-0.2, -0.15) is 0 Å². The zero-order chi connectivity index (χ0) is 25.8. The van der Waals surface area contributed by atoms with Crippen LogP contribution in [-0.4, -0.2) is 36.6 Å². The summed E-state index contributed by atoms with van der Waals surface area (Å²) in [7, 11) is -2.10. The summed E-state index contributed by atoms with van der Waals surface area (Å²) in [6.07, 6.45) is 10.4. The topological polar surface area (TPSA) is 77.3 Å². The lowest BCUT2D eigenvalue weighted by Crippen LogP contribution is -2.26. The first kappa shape index (κ1) is 25.3. The van der Waals surface area contributed by atoms with Crippen LogP contribution in [0.25, 0.3) is 11.0 Å². The molecule has 1 saturated carbocycles. The number of rotatable bonds is 9. The highest BCUT2D eigenvalue weighted by Gasteiger charge is 2.23. The molecule has 1 aromatic carbocycles. The first-order valence-electron chi connectivity index (χ1n) is 13.1. The maximum atomic E-state index is 13.2. The van der Waals surface area contributed by atoms with E-state index in [0.29, 0.717) is 24.6 Å². The standard InChI is InChI=1S/C29H34N4O3S/c1-3-36-27-15-14-24(30-20-27)18-25-16-23-17-26(32(2)37(34,35)28-12-8-5-9-13-28)19-31-29(23)33(25)21-22-10-6-4-7-11-22/h5,8-9,12-17,19-20,22H,3-4,6-7,10-11,18,21H2,1-2H3. The van der Waals surface area contributed by atoms with Crippen LogP contribution in [0.15, 0.2) is 71.9 Å². The number of hydrogen-bond acceptors (Lipinski definition) is 5. The Hall–Kier alpha value is -3.39. The predicted octanol–water partition coefficient (Wildman–Crippen LogP) is 5.83. The van der Waals surface area contributed by atoms with Gasteiger partial charge < -0.3 is 9.30 Å². The van der Waals surface area contributed by atoms with Crippen LogP contribution in [0.3, 0.4) is 0 Å². The molecule has 194 valence electrons. The number of ether oxygens (including phenoxy) is 1. The fourth-order valence-electron chi connectivity index (χ4n) is 5.18. The zero-order valence-electron chi connectivity index (χ0n) is 21.5. The fraction of sp³-hybridized carbons (Fsp3) is 0.379. The van der Waals surface area contributed by atoms with Crippen molar-refractivity contribution in [1.29, 1.82) is 0 Å². The third-order valence-corrected chi connectivity index (χ3v) is 9.01. The van der Waals surface area contributed by atoms with Gasteiger partial charge in [-0.05, 0) is 62.1 Å². The van der Waals surface area contributed by atoms with E-state index in [0.717, 1.165) is 34.7 Å².